The van der Waals surface area contributed by atoms with Crippen LogP contribution in [0, 0.1) is 0 Å². The van der Waals surface area contributed by atoms with E-state index in [9.17, 15) is 9.32 Å². The van der Waals surface area contributed by atoms with Crippen molar-refractivity contribution in [2.75, 3.05) is 13.2 Å². The third kappa shape index (κ3) is 2.01. The first-order valence-corrected chi connectivity index (χ1v) is 5.43. The molecule has 2 rings (SSSR count). The predicted molar refractivity (Wildman–Crippen MR) is 51.5 cm³/mol. The van der Waals surface area contributed by atoms with E-state index < -0.39 is 17.1 Å². The fraction of sp³-hybridized carbons (Fsp3) is 0.333. The van der Waals surface area contributed by atoms with Gasteiger partial charge in [0.2, 0.25) is 0 Å². The van der Waals surface area contributed by atoms with E-state index in [2.05, 4.69) is 0 Å². The summed E-state index contributed by atoms with van der Waals surface area (Å²) in [5, 5.41) is 9.19. The lowest BCUT2D eigenvalue weighted by molar-refractivity contribution is -0.0268. The summed E-state index contributed by atoms with van der Waals surface area (Å²) in [7, 11) is -1.33. The molecule has 1 unspecified atom stereocenters. The van der Waals surface area contributed by atoms with Crippen molar-refractivity contribution >= 4 is 11.0 Å². The molecule has 1 aromatic carbocycles. The number of hydrogen-bond donors (Lipinski definition) is 1. The van der Waals surface area contributed by atoms with Crippen LogP contribution < -0.4 is 0 Å². The third-order valence-corrected chi connectivity index (χ3v) is 3.20. The SMILES string of the molecule is O=S(c1ccccc1)N1C[C@H](O)CO1. The van der Waals surface area contributed by atoms with Crippen LogP contribution in [0.2, 0.25) is 0 Å². The molecule has 1 saturated heterocycles. The van der Waals surface area contributed by atoms with Gasteiger partial charge in [-0.25, -0.2) is 4.21 Å². The van der Waals surface area contributed by atoms with E-state index in [0.29, 0.717) is 11.4 Å². The Labute approximate surface area is 84.7 Å². The highest BCUT2D eigenvalue weighted by atomic mass is 32.2. The summed E-state index contributed by atoms with van der Waals surface area (Å²) >= 11 is 0. The second-order valence-corrected chi connectivity index (χ2v) is 4.40. The van der Waals surface area contributed by atoms with Crippen molar-refractivity contribution in [3.63, 3.8) is 0 Å². The summed E-state index contributed by atoms with van der Waals surface area (Å²) in [4.78, 5) is 5.75. The van der Waals surface area contributed by atoms with Gasteiger partial charge >= 0.3 is 0 Å². The normalized spacial score (nSPS) is 25.1. The van der Waals surface area contributed by atoms with Gasteiger partial charge in [-0.1, -0.05) is 22.7 Å². The van der Waals surface area contributed by atoms with Gasteiger partial charge in [0.15, 0.2) is 11.0 Å². The predicted octanol–water partition coefficient (Wildman–Crippen LogP) is 0.317. The number of aliphatic hydroxyl groups is 1. The maximum atomic E-state index is 11.8. The van der Waals surface area contributed by atoms with E-state index in [1.165, 1.54) is 4.47 Å². The first kappa shape index (κ1) is 9.79. The lowest BCUT2D eigenvalue weighted by Gasteiger charge is -2.11. The molecule has 14 heavy (non-hydrogen) atoms. The molecule has 1 N–H and O–H groups in total. The Morgan fingerprint density at radius 3 is 2.71 bits per heavy atom. The Bertz CT molecular complexity index is 330. The smallest absolute Gasteiger partial charge is 0.151 e. The number of β-amino-alcohol motifs (C(OH)–C–C–N with tert-alkyl or cyclic N) is 1. The molecule has 76 valence electrons. The van der Waals surface area contributed by atoms with Crippen LogP contribution >= 0.6 is 0 Å². The average molecular weight is 213 g/mol. The van der Waals surface area contributed by atoms with Crippen molar-refractivity contribution in [3.8, 4) is 0 Å². The van der Waals surface area contributed by atoms with Gasteiger partial charge in [-0.2, -0.15) is 0 Å². The van der Waals surface area contributed by atoms with Gasteiger partial charge in [0.1, 0.15) is 0 Å². The molecule has 2 atom stereocenters. The van der Waals surface area contributed by atoms with E-state index in [-0.39, 0.29) is 6.61 Å². The van der Waals surface area contributed by atoms with Crippen LogP contribution in [0.25, 0.3) is 0 Å². The van der Waals surface area contributed by atoms with Crippen molar-refractivity contribution in [3.05, 3.63) is 30.3 Å². The molecule has 0 amide bonds. The van der Waals surface area contributed by atoms with Gasteiger partial charge in [0, 0.05) is 0 Å². The van der Waals surface area contributed by atoms with Crippen LogP contribution in [0.15, 0.2) is 35.2 Å². The van der Waals surface area contributed by atoms with Gasteiger partial charge < -0.3 is 5.11 Å². The van der Waals surface area contributed by atoms with Gasteiger partial charge in [-0.05, 0) is 12.1 Å². The molecule has 0 saturated carbocycles. The fourth-order valence-corrected chi connectivity index (χ4v) is 2.31. The Hall–Kier alpha value is -0.750. The van der Waals surface area contributed by atoms with Crippen molar-refractivity contribution in [1.82, 2.24) is 4.47 Å². The number of benzene rings is 1. The van der Waals surface area contributed by atoms with Crippen molar-refractivity contribution < 1.29 is 14.2 Å². The van der Waals surface area contributed by atoms with Crippen LogP contribution in [0.1, 0.15) is 0 Å². The monoisotopic (exact) mass is 213 g/mol. The Kier molecular flexibility index (Phi) is 2.93. The van der Waals surface area contributed by atoms with Gasteiger partial charge in [0.25, 0.3) is 0 Å². The molecule has 4 nitrogen and oxygen atoms in total. The molecule has 1 heterocycles. The molecule has 1 aliphatic heterocycles. The molecule has 5 heteroatoms. The Morgan fingerprint density at radius 2 is 2.14 bits per heavy atom. The lowest BCUT2D eigenvalue weighted by Crippen LogP contribution is -2.23. The van der Waals surface area contributed by atoms with Crippen LogP contribution in [0.4, 0.5) is 0 Å². The first-order chi connectivity index (χ1) is 6.77. The van der Waals surface area contributed by atoms with E-state index in [1.54, 1.807) is 12.1 Å². The van der Waals surface area contributed by atoms with E-state index >= 15 is 0 Å². The molecule has 0 aromatic heterocycles. The van der Waals surface area contributed by atoms with Gasteiger partial charge in [-0.3, -0.25) is 4.84 Å². The standard InChI is InChI=1S/C9H11NO3S/c11-8-6-10(13-7-8)14(12)9-4-2-1-3-5-9/h1-5,8,11H,6-7H2/t8-,14?/m0/s1. The molecule has 0 radical (unpaired) electrons. The van der Waals surface area contributed by atoms with Gasteiger partial charge in [0.05, 0.1) is 24.2 Å². The summed E-state index contributed by atoms with van der Waals surface area (Å²) in [6.07, 6.45) is -0.539. The van der Waals surface area contributed by atoms with Crippen molar-refractivity contribution in [2.24, 2.45) is 0 Å². The second-order valence-electron chi connectivity index (χ2n) is 3.03. The maximum Gasteiger partial charge on any atom is 0.151 e. The number of nitrogens with zero attached hydrogens (tertiary/aromatic N) is 1. The summed E-state index contributed by atoms with van der Waals surface area (Å²) in [6, 6.07) is 9.04. The molecular formula is C9H11NO3S. The highest BCUT2D eigenvalue weighted by molar-refractivity contribution is 7.82. The topological polar surface area (TPSA) is 49.8 Å². The molecule has 0 bridgehead atoms. The van der Waals surface area contributed by atoms with E-state index in [1.807, 2.05) is 18.2 Å². The fourth-order valence-electron chi connectivity index (χ4n) is 1.22. The molecule has 0 spiro atoms. The highest BCUT2D eigenvalue weighted by Crippen LogP contribution is 2.15. The molecule has 1 aromatic rings. The minimum Gasteiger partial charge on any atom is -0.389 e. The van der Waals surface area contributed by atoms with E-state index in [0.717, 1.165) is 0 Å². The summed E-state index contributed by atoms with van der Waals surface area (Å²) in [5.74, 6) is 0. The quantitative estimate of drug-likeness (QED) is 0.769. The van der Waals surface area contributed by atoms with Crippen LogP contribution in [0.3, 0.4) is 0 Å². The minimum absolute atomic E-state index is 0.221. The second kappa shape index (κ2) is 4.18. The van der Waals surface area contributed by atoms with Crippen LogP contribution in [0.5, 0.6) is 0 Å². The zero-order valence-electron chi connectivity index (χ0n) is 7.50. The van der Waals surface area contributed by atoms with Crippen molar-refractivity contribution in [1.29, 1.82) is 0 Å². The molecular weight excluding hydrogens is 202 g/mol. The Balaban J connectivity index is 2.10. The van der Waals surface area contributed by atoms with Crippen LogP contribution in [-0.4, -0.2) is 33.0 Å². The summed E-state index contributed by atoms with van der Waals surface area (Å²) < 4.78 is 13.1. The number of hydrogen-bond acceptors (Lipinski definition) is 3. The van der Waals surface area contributed by atoms with Gasteiger partial charge in [-0.15, -0.1) is 0 Å². The first-order valence-electron chi connectivity index (χ1n) is 4.33. The molecule has 0 aliphatic carbocycles. The maximum absolute atomic E-state index is 11.8. The largest absolute Gasteiger partial charge is 0.389 e. The lowest BCUT2D eigenvalue weighted by atomic mass is 10.4. The number of aliphatic hydroxyl groups excluding tert-OH is 1. The highest BCUT2D eigenvalue weighted by Gasteiger charge is 2.26. The summed E-state index contributed by atoms with van der Waals surface area (Å²) in [6.45, 7) is 0.514. The van der Waals surface area contributed by atoms with E-state index in [4.69, 9.17) is 4.84 Å². The zero-order valence-corrected chi connectivity index (χ0v) is 8.31. The molecule has 1 aliphatic rings. The number of hydroxylamine groups is 1. The van der Waals surface area contributed by atoms with Crippen LogP contribution in [-0.2, 0) is 15.8 Å². The van der Waals surface area contributed by atoms with Crippen molar-refractivity contribution in [2.45, 2.75) is 11.0 Å². The number of rotatable bonds is 2. The summed E-state index contributed by atoms with van der Waals surface area (Å²) in [5.41, 5.74) is 0. The third-order valence-electron chi connectivity index (χ3n) is 1.90. The average Bonchev–Trinajstić information content (AvgIpc) is 2.65. The Morgan fingerprint density at radius 1 is 1.43 bits per heavy atom. The molecule has 1 fully saturated rings. The zero-order chi connectivity index (χ0) is 9.97. The minimum atomic E-state index is -1.33.